The van der Waals surface area contributed by atoms with Gasteiger partial charge in [-0.3, -0.25) is 0 Å². The van der Waals surface area contributed by atoms with Crippen molar-refractivity contribution >= 4 is 82.8 Å². The van der Waals surface area contributed by atoms with Crippen LogP contribution in [-0.2, 0) is 0 Å². The number of nitrogens with zero attached hydrogens (tertiary/aromatic N) is 2. The Hall–Kier alpha value is -8.98. The Morgan fingerprint density at radius 2 is 0.694 bits per heavy atom. The van der Waals surface area contributed by atoms with Crippen molar-refractivity contribution in [1.82, 2.24) is 0 Å². The van der Waals surface area contributed by atoms with E-state index in [-0.39, 0.29) is 0 Å². The molecule has 0 amide bonds. The third kappa shape index (κ3) is 8.07. The maximum Gasteiger partial charge on any atom is 0.0468 e. The van der Waals surface area contributed by atoms with E-state index in [0.717, 1.165) is 59.8 Å². The van der Waals surface area contributed by atoms with E-state index in [1.807, 2.05) is 0 Å². The summed E-state index contributed by atoms with van der Waals surface area (Å²) in [6.07, 6.45) is 15.8. The first kappa shape index (κ1) is 43.1. The fraction of sp³-hybridized carbons (Fsp3) is 0.0571. The molecule has 11 aromatic rings. The maximum atomic E-state index is 2.47. The Morgan fingerprint density at radius 3 is 1.24 bits per heavy atom. The standard InChI is InChI=1S/C70H52N2/c1-5-17-49(18-6-1)53-29-33-55(34-30-53)69-65-43-41-64(72(60-27-11-4-12-28-60)62-40-38-52-22-14-16-24-58(52)46-62)48-68(65)70(56-35-31-54(32-36-56)50-19-7-2-8-20-50)66-44-42-63(47-67(66)69)71(59-25-9-3-10-26-59)61-39-37-51-21-13-15-23-57(51)45-61/h1-7,9-19,21-31,33-35,37-48H,8,20,32,36H2. The van der Waals surface area contributed by atoms with Gasteiger partial charge in [-0.15, -0.1) is 0 Å². The van der Waals surface area contributed by atoms with Crippen molar-refractivity contribution in [2.24, 2.45) is 0 Å². The molecule has 0 fully saturated rings. The van der Waals surface area contributed by atoms with Crippen LogP contribution >= 0.6 is 0 Å². The number of hydrogen-bond acceptors (Lipinski definition) is 2. The van der Waals surface area contributed by atoms with E-state index in [1.165, 1.54) is 87.6 Å². The summed E-state index contributed by atoms with van der Waals surface area (Å²) in [4.78, 5) is 4.85. The highest BCUT2D eigenvalue weighted by molar-refractivity contribution is 6.20. The summed E-state index contributed by atoms with van der Waals surface area (Å²) < 4.78 is 0. The largest absolute Gasteiger partial charge is 0.310 e. The topological polar surface area (TPSA) is 6.48 Å². The van der Waals surface area contributed by atoms with Gasteiger partial charge in [-0.25, -0.2) is 0 Å². The fourth-order valence-corrected chi connectivity index (χ4v) is 11.3. The minimum atomic E-state index is 0.953. The third-order valence-corrected chi connectivity index (χ3v) is 14.8. The van der Waals surface area contributed by atoms with Crippen molar-refractivity contribution in [3.05, 3.63) is 284 Å². The highest BCUT2D eigenvalue weighted by atomic mass is 15.1. The summed E-state index contributed by atoms with van der Waals surface area (Å²) in [6, 6.07) is 87.1. The molecule has 0 spiro atoms. The van der Waals surface area contributed by atoms with Crippen LogP contribution in [0.3, 0.4) is 0 Å². The molecule has 72 heavy (non-hydrogen) atoms. The summed E-state index contributed by atoms with van der Waals surface area (Å²) in [6.45, 7) is 0. The van der Waals surface area contributed by atoms with Gasteiger partial charge < -0.3 is 9.80 Å². The summed E-state index contributed by atoms with van der Waals surface area (Å²) in [5.41, 5.74) is 17.1. The molecule has 2 heteroatoms. The first-order valence-electron chi connectivity index (χ1n) is 25.3. The van der Waals surface area contributed by atoms with E-state index in [2.05, 4.69) is 277 Å². The van der Waals surface area contributed by atoms with Gasteiger partial charge in [-0.2, -0.15) is 0 Å². The van der Waals surface area contributed by atoms with Crippen molar-refractivity contribution in [2.45, 2.75) is 25.7 Å². The average molecular weight is 921 g/mol. The molecular weight excluding hydrogens is 869 g/mol. The normalized spacial score (nSPS) is 13.5. The van der Waals surface area contributed by atoms with Gasteiger partial charge in [-0.1, -0.05) is 194 Å². The lowest BCUT2D eigenvalue weighted by Gasteiger charge is -2.29. The zero-order valence-electron chi connectivity index (χ0n) is 40.1. The quantitative estimate of drug-likeness (QED) is 0.126. The predicted molar refractivity (Wildman–Crippen MR) is 308 cm³/mol. The smallest absolute Gasteiger partial charge is 0.0468 e. The Morgan fingerprint density at radius 1 is 0.264 bits per heavy atom. The van der Waals surface area contributed by atoms with Gasteiger partial charge in [0.25, 0.3) is 0 Å². The molecule has 2 aliphatic carbocycles. The van der Waals surface area contributed by atoms with Crippen molar-refractivity contribution in [2.75, 3.05) is 9.80 Å². The summed E-state index contributed by atoms with van der Waals surface area (Å²) in [7, 11) is 0. The van der Waals surface area contributed by atoms with Gasteiger partial charge in [0.15, 0.2) is 0 Å². The number of rotatable bonds is 10. The molecule has 2 nitrogen and oxygen atoms in total. The minimum Gasteiger partial charge on any atom is -0.310 e. The molecule has 0 bridgehead atoms. The van der Waals surface area contributed by atoms with E-state index in [0.29, 0.717) is 0 Å². The summed E-state index contributed by atoms with van der Waals surface area (Å²) in [5, 5.41) is 9.83. The van der Waals surface area contributed by atoms with Crippen LogP contribution in [0, 0.1) is 0 Å². The Bertz CT molecular complexity index is 3950. The average Bonchev–Trinajstić information content (AvgIpc) is 3.46. The van der Waals surface area contributed by atoms with Crippen LogP contribution < -0.4 is 9.80 Å². The van der Waals surface area contributed by atoms with Crippen LogP contribution in [0.4, 0.5) is 34.1 Å². The van der Waals surface area contributed by atoms with Gasteiger partial charge in [0.2, 0.25) is 0 Å². The molecule has 0 aliphatic heterocycles. The number of benzene rings is 11. The number of hydrogen-bond donors (Lipinski definition) is 0. The molecule has 0 aromatic heterocycles. The number of fused-ring (bicyclic) bond motifs is 4. The second-order valence-corrected chi connectivity index (χ2v) is 19.1. The molecule has 0 atom stereocenters. The molecule has 0 unspecified atom stereocenters. The SMILES string of the molecule is C1=CCCC(C2=CC=C(c3c4cc(N(c5ccccc5)c5ccc6ccccc6c5)ccc4c(-c4ccc(-c5ccccc5)cc4)c4cc(N(c5ccccc5)c5ccc6ccccc6c5)ccc34)CC2)=C1. The van der Waals surface area contributed by atoms with Crippen LogP contribution in [0.15, 0.2) is 278 Å². The molecule has 0 saturated heterocycles. The Balaban J connectivity index is 1.09. The summed E-state index contributed by atoms with van der Waals surface area (Å²) >= 11 is 0. The van der Waals surface area contributed by atoms with Gasteiger partial charge in [0.1, 0.15) is 0 Å². The van der Waals surface area contributed by atoms with E-state index in [4.69, 9.17) is 0 Å². The van der Waals surface area contributed by atoms with Gasteiger partial charge >= 0.3 is 0 Å². The lowest BCUT2D eigenvalue weighted by Crippen LogP contribution is -2.10. The zero-order chi connectivity index (χ0) is 47.8. The third-order valence-electron chi connectivity index (χ3n) is 14.8. The maximum absolute atomic E-state index is 2.47. The van der Waals surface area contributed by atoms with E-state index in [9.17, 15) is 0 Å². The van der Waals surface area contributed by atoms with Gasteiger partial charge in [0.05, 0.1) is 0 Å². The number of anilines is 6. The molecule has 2 aliphatic rings. The molecule has 0 heterocycles. The molecular formula is C70H52N2. The van der Waals surface area contributed by atoms with Crippen LogP contribution in [0.2, 0.25) is 0 Å². The molecule has 0 N–H and O–H groups in total. The lowest BCUT2D eigenvalue weighted by molar-refractivity contribution is 0.906. The number of para-hydroxylation sites is 2. The highest BCUT2D eigenvalue weighted by Crippen LogP contribution is 2.49. The predicted octanol–water partition coefficient (Wildman–Crippen LogP) is 20.0. The fourth-order valence-electron chi connectivity index (χ4n) is 11.3. The Kier molecular flexibility index (Phi) is 11.2. The van der Waals surface area contributed by atoms with E-state index >= 15 is 0 Å². The van der Waals surface area contributed by atoms with Crippen molar-refractivity contribution < 1.29 is 0 Å². The van der Waals surface area contributed by atoms with Gasteiger partial charge in [-0.05, 0) is 186 Å². The van der Waals surface area contributed by atoms with Gasteiger partial charge in [0, 0.05) is 34.1 Å². The van der Waals surface area contributed by atoms with Crippen molar-refractivity contribution in [1.29, 1.82) is 0 Å². The van der Waals surface area contributed by atoms with Crippen LogP contribution in [0.5, 0.6) is 0 Å². The first-order valence-corrected chi connectivity index (χ1v) is 25.3. The highest BCUT2D eigenvalue weighted by Gasteiger charge is 2.24. The zero-order valence-corrected chi connectivity index (χ0v) is 40.1. The van der Waals surface area contributed by atoms with Crippen molar-refractivity contribution in [3.63, 3.8) is 0 Å². The van der Waals surface area contributed by atoms with Crippen molar-refractivity contribution in [3.8, 4) is 22.3 Å². The van der Waals surface area contributed by atoms with E-state index in [1.54, 1.807) is 0 Å². The van der Waals surface area contributed by atoms with Crippen LogP contribution in [0.1, 0.15) is 31.2 Å². The minimum absolute atomic E-state index is 0.953. The summed E-state index contributed by atoms with van der Waals surface area (Å²) in [5.74, 6) is 0. The molecule has 342 valence electrons. The van der Waals surface area contributed by atoms with Crippen LogP contribution in [0.25, 0.3) is 70.9 Å². The van der Waals surface area contributed by atoms with Crippen LogP contribution in [-0.4, -0.2) is 0 Å². The monoisotopic (exact) mass is 920 g/mol. The second kappa shape index (κ2) is 18.7. The lowest BCUT2D eigenvalue weighted by atomic mass is 9.81. The number of allylic oxidation sites excluding steroid dienone is 8. The molecule has 13 rings (SSSR count). The molecule has 0 radical (unpaired) electrons. The second-order valence-electron chi connectivity index (χ2n) is 19.1. The Labute approximate surface area is 422 Å². The molecule has 0 saturated carbocycles. The molecule has 11 aromatic carbocycles. The van der Waals surface area contributed by atoms with E-state index < -0.39 is 0 Å². The first-order chi connectivity index (χ1) is 35.7.